The largest absolute Gasteiger partial charge is 0.507 e. The van der Waals surface area contributed by atoms with Crippen molar-refractivity contribution in [3.63, 3.8) is 0 Å². The van der Waals surface area contributed by atoms with Crippen LogP contribution in [-0.4, -0.2) is 33.8 Å². The van der Waals surface area contributed by atoms with E-state index in [0.717, 1.165) is 6.42 Å². The van der Waals surface area contributed by atoms with Crippen LogP contribution >= 0.6 is 15.9 Å². The number of likely N-dealkylation sites (tertiary alicyclic amines) is 1. The van der Waals surface area contributed by atoms with Crippen LogP contribution in [-0.2, 0) is 0 Å². The van der Waals surface area contributed by atoms with E-state index in [1.807, 2.05) is 6.92 Å². The van der Waals surface area contributed by atoms with Crippen LogP contribution in [0.2, 0.25) is 0 Å². The Morgan fingerprint density at radius 1 is 1.56 bits per heavy atom. The summed E-state index contributed by atoms with van der Waals surface area (Å²) in [4.78, 5) is 14.2. The van der Waals surface area contributed by atoms with Crippen molar-refractivity contribution >= 4 is 21.8 Å². The summed E-state index contributed by atoms with van der Waals surface area (Å²) in [6.07, 6.45) is 0.835. The molecule has 0 spiro atoms. The molecule has 2 atom stereocenters. The molecular formula is C13H15BrFNO2. The molecular weight excluding hydrogens is 301 g/mol. The number of carbonyl (C=O) groups excluding carboxylic acids is 1. The lowest BCUT2D eigenvalue weighted by Crippen LogP contribution is -2.43. The number of amides is 1. The molecule has 2 unspecified atom stereocenters. The van der Waals surface area contributed by atoms with Crippen LogP contribution in [0.25, 0.3) is 0 Å². The molecule has 1 N–H and O–H groups in total. The standard InChI is InChI=1S/C13H15BrFNO2/c1-8-7-16(6-5-9(8)14)13(18)12-10(15)3-2-4-11(12)17/h2-4,8-9,17H,5-7H2,1H3. The SMILES string of the molecule is CC1CN(C(=O)c2c(O)cccc2F)CCC1Br. The molecule has 1 aromatic carbocycles. The second-order valence-electron chi connectivity index (χ2n) is 4.67. The van der Waals surface area contributed by atoms with E-state index in [2.05, 4.69) is 15.9 Å². The Hall–Kier alpha value is -1.10. The molecule has 0 aromatic heterocycles. The van der Waals surface area contributed by atoms with E-state index < -0.39 is 11.7 Å². The van der Waals surface area contributed by atoms with Crippen molar-refractivity contribution in [3.05, 3.63) is 29.6 Å². The number of carbonyl (C=O) groups is 1. The third-order valence-corrected chi connectivity index (χ3v) is 4.65. The van der Waals surface area contributed by atoms with Crippen molar-refractivity contribution in [3.8, 4) is 5.75 Å². The van der Waals surface area contributed by atoms with E-state index in [4.69, 9.17) is 0 Å². The molecule has 0 saturated carbocycles. The molecule has 0 aliphatic carbocycles. The average molecular weight is 316 g/mol. The number of aromatic hydroxyl groups is 1. The van der Waals surface area contributed by atoms with Gasteiger partial charge in [-0.3, -0.25) is 4.79 Å². The molecule has 0 bridgehead atoms. The summed E-state index contributed by atoms with van der Waals surface area (Å²) < 4.78 is 13.6. The van der Waals surface area contributed by atoms with Gasteiger partial charge in [-0.2, -0.15) is 0 Å². The molecule has 1 fully saturated rings. The summed E-state index contributed by atoms with van der Waals surface area (Å²) in [5.74, 6) is -1.09. The van der Waals surface area contributed by atoms with Gasteiger partial charge in [0, 0.05) is 17.9 Å². The van der Waals surface area contributed by atoms with E-state index in [1.54, 1.807) is 4.90 Å². The van der Waals surface area contributed by atoms with Gasteiger partial charge in [0.05, 0.1) is 0 Å². The molecule has 98 valence electrons. The first-order valence-electron chi connectivity index (χ1n) is 5.91. The predicted molar refractivity (Wildman–Crippen MR) is 70.5 cm³/mol. The molecule has 1 aromatic rings. The van der Waals surface area contributed by atoms with E-state index in [0.29, 0.717) is 23.8 Å². The topological polar surface area (TPSA) is 40.5 Å². The zero-order valence-corrected chi connectivity index (χ0v) is 11.7. The minimum atomic E-state index is -0.673. The number of nitrogens with zero attached hydrogens (tertiary/aromatic N) is 1. The third kappa shape index (κ3) is 2.51. The fourth-order valence-corrected chi connectivity index (χ4v) is 2.56. The minimum absolute atomic E-state index is 0.224. The van der Waals surface area contributed by atoms with Crippen LogP contribution < -0.4 is 0 Å². The lowest BCUT2D eigenvalue weighted by Gasteiger charge is -2.34. The molecule has 1 saturated heterocycles. The number of phenols is 1. The van der Waals surface area contributed by atoms with Gasteiger partial charge in [-0.1, -0.05) is 28.9 Å². The number of halogens is 2. The van der Waals surface area contributed by atoms with Gasteiger partial charge in [-0.05, 0) is 24.5 Å². The lowest BCUT2D eigenvalue weighted by atomic mass is 9.99. The monoisotopic (exact) mass is 315 g/mol. The highest BCUT2D eigenvalue weighted by Gasteiger charge is 2.29. The highest BCUT2D eigenvalue weighted by atomic mass is 79.9. The maximum absolute atomic E-state index is 13.6. The molecule has 1 amide bonds. The van der Waals surface area contributed by atoms with Gasteiger partial charge >= 0.3 is 0 Å². The first-order valence-corrected chi connectivity index (χ1v) is 6.83. The summed E-state index contributed by atoms with van der Waals surface area (Å²) in [5.41, 5.74) is -0.224. The minimum Gasteiger partial charge on any atom is -0.507 e. The van der Waals surface area contributed by atoms with Crippen molar-refractivity contribution < 1.29 is 14.3 Å². The molecule has 2 rings (SSSR count). The number of alkyl halides is 1. The van der Waals surface area contributed by atoms with Gasteiger partial charge in [-0.15, -0.1) is 0 Å². The smallest absolute Gasteiger partial charge is 0.260 e. The van der Waals surface area contributed by atoms with Crippen LogP contribution in [0, 0.1) is 11.7 Å². The van der Waals surface area contributed by atoms with Gasteiger partial charge in [0.1, 0.15) is 17.1 Å². The van der Waals surface area contributed by atoms with E-state index in [-0.39, 0.29) is 11.3 Å². The highest BCUT2D eigenvalue weighted by molar-refractivity contribution is 9.09. The first kappa shape index (κ1) is 13.3. The Kier molecular flexibility index (Phi) is 3.90. The molecule has 1 aliphatic heterocycles. The molecule has 0 radical (unpaired) electrons. The van der Waals surface area contributed by atoms with Crippen LogP contribution in [0.3, 0.4) is 0 Å². The van der Waals surface area contributed by atoms with Crippen LogP contribution in [0.5, 0.6) is 5.75 Å². The molecule has 1 aliphatic rings. The van der Waals surface area contributed by atoms with E-state index in [9.17, 15) is 14.3 Å². The second kappa shape index (κ2) is 5.26. The highest BCUT2D eigenvalue weighted by Crippen LogP contribution is 2.27. The average Bonchev–Trinajstić information content (AvgIpc) is 2.32. The summed E-state index contributed by atoms with van der Waals surface area (Å²) in [6, 6.07) is 3.90. The Labute approximate surface area is 114 Å². The quantitative estimate of drug-likeness (QED) is 0.810. The normalized spacial score (nSPS) is 24.1. The van der Waals surface area contributed by atoms with Crippen LogP contribution in [0.1, 0.15) is 23.7 Å². The van der Waals surface area contributed by atoms with Gasteiger partial charge in [-0.25, -0.2) is 4.39 Å². The van der Waals surface area contributed by atoms with Crippen molar-refractivity contribution in [1.29, 1.82) is 0 Å². The number of rotatable bonds is 1. The molecule has 18 heavy (non-hydrogen) atoms. The number of piperidine rings is 1. The second-order valence-corrected chi connectivity index (χ2v) is 5.84. The number of phenolic OH excluding ortho intramolecular Hbond substituents is 1. The molecule has 1 heterocycles. The Bertz CT molecular complexity index is 446. The van der Waals surface area contributed by atoms with Crippen molar-refractivity contribution in [2.24, 2.45) is 5.92 Å². The zero-order chi connectivity index (χ0) is 13.3. The first-order chi connectivity index (χ1) is 8.50. The lowest BCUT2D eigenvalue weighted by molar-refractivity contribution is 0.0682. The maximum atomic E-state index is 13.6. The summed E-state index contributed by atoms with van der Waals surface area (Å²) in [7, 11) is 0. The van der Waals surface area contributed by atoms with Crippen molar-refractivity contribution in [2.75, 3.05) is 13.1 Å². The third-order valence-electron chi connectivity index (χ3n) is 3.29. The van der Waals surface area contributed by atoms with Gasteiger partial charge < -0.3 is 10.0 Å². The van der Waals surface area contributed by atoms with Crippen molar-refractivity contribution in [1.82, 2.24) is 4.90 Å². The predicted octanol–water partition coefficient (Wildman–Crippen LogP) is 2.78. The fourth-order valence-electron chi connectivity index (χ4n) is 2.18. The van der Waals surface area contributed by atoms with E-state index in [1.165, 1.54) is 18.2 Å². The van der Waals surface area contributed by atoms with Crippen molar-refractivity contribution in [2.45, 2.75) is 18.2 Å². The Morgan fingerprint density at radius 3 is 2.89 bits per heavy atom. The number of benzene rings is 1. The Morgan fingerprint density at radius 2 is 2.28 bits per heavy atom. The number of hydrogen-bond donors (Lipinski definition) is 1. The maximum Gasteiger partial charge on any atom is 0.260 e. The summed E-state index contributed by atoms with van der Waals surface area (Å²) in [5, 5.41) is 9.61. The fraction of sp³-hybridized carbons (Fsp3) is 0.462. The zero-order valence-electron chi connectivity index (χ0n) is 10.1. The van der Waals surface area contributed by atoms with Crippen LogP contribution in [0.15, 0.2) is 18.2 Å². The molecule has 3 nitrogen and oxygen atoms in total. The van der Waals surface area contributed by atoms with E-state index >= 15 is 0 Å². The van der Waals surface area contributed by atoms with Gasteiger partial charge in [0.15, 0.2) is 0 Å². The summed E-state index contributed by atoms with van der Waals surface area (Å²) in [6.45, 7) is 3.19. The summed E-state index contributed by atoms with van der Waals surface area (Å²) >= 11 is 3.55. The Balaban J connectivity index is 2.22. The van der Waals surface area contributed by atoms with Gasteiger partial charge in [0.2, 0.25) is 0 Å². The van der Waals surface area contributed by atoms with Crippen LogP contribution in [0.4, 0.5) is 4.39 Å². The molecule has 5 heteroatoms. The van der Waals surface area contributed by atoms with Gasteiger partial charge in [0.25, 0.3) is 5.91 Å². The number of hydrogen-bond acceptors (Lipinski definition) is 2.